The fraction of sp³-hybridized carbons (Fsp3) is 0.455. The Morgan fingerprint density at radius 2 is 1.89 bits per heavy atom. The number of piperidine rings is 1. The summed E-state index contributed by atoms with van der Waals surface area (Å²) in [5.41, 5.74) is 1.65. The van der Waals surface area contributed by atoms with Crippen LogP contribution in [0.5, 0.6) is 5.75 Å². The largest absolute Gasteiger partial charge is 0.490 e. The minimum absolute atomic E-state index is 0.161. The van der Waals surface area contributed by atoms with E-state index >= 15 is 0 Å². The first kappa shape index (κ1) is 18.0. The van der Waals surface area contributed by atoms with E-state index in [9.17, 15) is 9.18 Å². The van der Waals surface area contributed by atoms with E-state index < -0.39 is 0 Å². The van der Waals surface area contributed by atoms with Gasteiger partial charge < -0.3 is 9.64 Å². The van der Waals surface area contributed by atoms with E-state index in [1.807, 2.05) is 18.2 Å². The maximum Gasteiger partial charge on any atom is 0.223 e. The topological polar surface area (TPSA) is 42.4 Å². The number of pyridine rings is 1. The Kier molecular flexibility index (Phi) is 5.10. The van der Waals surface area contributed by atoms with Crippen LogP contribution < -0.4 is 4.74 Å². The lowest BCUT2D eigenvalue weighted by atomic mass is 9.98. The number of aryl methyl sites for hydroxylation is 2. The smallest absolute Gasteiger partial charge is 0.223 e. The van der Waals surface area contributed by atoms with E-state index in [4.69, 9.17) is 4.74 Å². The molecule has 2 aliphatic heterocycles. The molecule has 0 radical (unpaired) electrons. The molecule has 2 saturated heterocycles. The van der Waals surface area contributed by atoms with Gasteiger partial charge in [-0.1, -0.05) is 12.1 Å². The van der Waals surface area contributed by atoms with E-state index in [1.165, 1.54) is 6.07 Å². The van der Waals surface area contributed by atoms with Gasteiger partial charge in [-0.25, -0.2) is 4.39 Å². The van der Waals surface area contributed by atoms with E-state index in [0.29, 0.717) is 18.4 Å². The predicted molar refractivity (Wildman–Crippen MR) is 101 cm³/mol. The molecule has 1 aromatic heterocycles. The van der Waals surface area contributed by atoms with Crippen molar-refractivity contribution in [2.24, 2.45) is 0 Å². The number of carbonyl (C=O) groups excluding carboxylic acids is 1. The van der Waals surface area contributed by atoms with Gasteiger partial charge >= 0.3 is 0 Å². The highest BCUT2D eigenvalue weighted by Gasteiger charge is 2.43. The van der Waals surface area contributed by atoms with E-state index in [2.05, 4.69) is 9.88 Å². The van der Waals surface area contributed by atoms with Crippen LogP contribution in [0.15, 0.2) is 42.7 Å². The number of hydrogen-bond acceptors (Lipinski definition) is 3. The fourth-order valence-electron chi connectivity index (χ4n) is 4.48. The highest BCUT2D eigenvalue weighted by molar-refractivity contribution is 5.77. The average molecular weight is 368 g/mol. The second-order valence-corrected chi connectivity index (χ2v) is 7.66. The quantitative estimate of drug-likeness (QED) is 0.799. The van der Waals surface area contributed by atoms with Crippen LogP contribution in [0.4, 0.5) is 4.39 Å². The Morgan fingerprint density at radius 3 is 2.56 bits per heavy atom. The fourth-order valence-corrected chi connectivity index (χ4v) is 4.48. The van der Waals surface area contributed by atoms with Gasteiger partial charge in [-0.3, -0.25) is 9.78 Å². The standard InChI is InChI=1S/C22H25FN2O2/c1-15-12-16(2-6-21(15)23)3-7-22(26)25-17-4-5-18(25)14-20(13-17)27-19-8-10-24-11-9-19/h2,6,8-12,17-18,20H,3-5,7,13-14H2,1H3. The highest BCUT2D eigenvalue weighted by atomic mass is 19.1. The Morgan fingerprint density at radius 1 is 1.19 bits per heavy atom. The molecule has 2 bridgehead atoms. The van der Waals surface area contributed by atoms with Crippen LogP contribution in [0.1, 0.15) is 43.2 Å². The first-order valence-electron chi connectivity index (χ1n) is 9.73. The molecule has 4 rings (SSSR count). The van der Waals surface area contributed by atoms with Crippen molar-refractivity contribution >= 4 is 5.91 Å². The number of carbonyl (C=O) groups is 1. The molecule has 0 aliphatic carbocycles. The zero-order chi connectivity index (χ0) is 18.8. The molecule has 1 amide bonds. The van der Waals surface area contributed by atoms with Crippen LogP contribution in [0, 0.1) is 12.7 Å². The summed E-state index contributed by atoms with van der Waals surface area (Å²) in [6, 6.07) is 9.41. The lowest BCUT2D eigenvalue weighted by Crippen LogP contribution is -2.49. The molecule has 2 aromatic rings. The maximum absolute atomic E-state index is 13.4. The van der Waals surface area contributed by atoms with Gasteiger partial charge in [-0.2, -0.15) is 0 Å². The SMILES string of the molecule is Cc1cc(CCC(=O)N2C3CCC2CC(Oc2ccncc2)C3)ccc1F. The third-order valence-electron chi connectivity index (χ3n) is 5.78. The molecule has 5 heteroatoms. The van der Waals surface area contributed by atoms with Gasteiger partial charge in [0, 0.05) is 43.7 Å². The van der Waals surface area contributed by atoms with Gasteiger partial charge in [-0.15, -0.1) is 0 Å². The summed E-state index contributed by atoms with van der Waals surface area (Å²) in [4.78, 5) is 19.0. The number of halogens is 1. The first-order valence-corrected chi connectivity index (χ1v) is 9.73. The summed E-state index contributed by atoms with van der Waals surface area (Å²) in [6.45, 7) is 1.76. The Bertz CT molecular complexity index is 797. The van der Waals surface area contributed by atoms with Crippen molar-refractivity contribution in [1.82, 2.24) is 9.88 Å². The lowest BCUT2D eigenvalue weighted by Gasteiger charge is -2.39. The van der Waals surface area contributed by atoms with Crippen LogP contribution in [-0.4, -0.2) is 34.0 Å². The van der Waals surface area contributed by atoms with E-state index in [0.717, 1.165) is 37.0 Å². The molecule has 0 saturated carbocycles. The zero-order valence-electron chi connectivity index (χ0n) is 15.6. The minimum atomic E-state index is -0.195. The Balaban J connectivity index is 1.34. The minimum Gasteiger partial charge on any atom is -0.490 e. The van der Waals surface area contributed by atoms with Crippen molar-refractivity contribution in [2.45, 2.75) is 63.6 Å². The van der Waals surface area contributed by atoms with Gasteiger partial charge in [0.05, 0.1) is 0 Å². The maximum atomic E-state index is 13.4. The number of fused-ring (bicyclic) bond motifs is 2. The van der Waals surface area contributed by atoms with E-state index in [-0.39, 0.29) is 29.9 Å². The third kappa shape index (κ3) is 3.97. The summed E-state index contributed by atoms with van der Waals surface area (Å²) < 4.78 is 19.5. The van der Waals surface area contributed by atoms with Crippen LogP contribution in [0.2, 0.25) is 0 Å². The highest BCUT2D eigenvalue weighted by Crippen LogP contribution is 2.37. The third-order valence-corrected chi connectivity index (χ3v) is 5.78. The van der Waals surface area contributed by atoms with Gasteiger partial charge in [-0.05, 0) is 55.5 Å². The number of amides is 1. The van der Waals surface area contributed by atoms with Gasteiger partial charge in [0.15, 0.2) is 0 Å². The van der Waals surface area contributed by atoms with Crippen LogP contribution in [0.25, 0.3) is 0 Å². The Labute approximate surface area is 159 Å². The molecule has 142 valence electrons. The van der Waals surface area contributed by atoms with Crippen LogP contribution >= 0.6 is 0 Å². The molecule has 4 nitrogen and oxygen atoms in total. The van der Waals surface area contributed by atoms with Gasteiger partial charge in [0.2, 0.25) is 5.91 Å². The number of rotatable bonds is 5. The van der Waals surface area contributed by atoms with Crippen molar-refractivity contribution in [2.75, 3.05) is 0 Å². The molecule has 2 unspecified atom stereocenters. The molecular weight excluding hydrogens is 343 g/mol. The molecular formula is C22H25FN2O2. The number of ether oxygens (including phenoxy) is 1. The summed E-state index contributed by atoms with van der Waals surface area (Å²) in [7, 11) is 0. The summed E-state index contributed by atoms with van der Waals surface area (Å²) in [5.74, 6) is 0.868. The van der Waals surface area contributed by atoms with Crippen molar-refractivity contribution in [1.29, 1.82) is 0 Å². The monoisotopic (exact) mass is 368 g/mol. The van der Waals surface area contributed by atoms with E-state index in [1.54, 1.807) is 25.4 Å². The molecule has 2 fully saturated rings. The summed E-state index contributed by atoms with van der Waals surface area (Å²) in [6.07, 6.45) is 8.67. The molecule has 1 aromatic carbocycles. The summed E-state index contributed by atoms with van der Waals surface area (Å²) >= 11 is 0. The number of aromatic nitrogens is 1. The average Bonchev–Trinajstić information content (AvgIpc) is 2.94. The second kappa shape index (κ2) is 7.67. The molecule has 0 N–H and O–H groups in total. The van der Waals surface area contributed by atoms with Gasteiger partial charge in [0.1, 0.15) is 17.7 Å². The molecule has 2 aliphatic rings. The number of benzene rings is 1. The molecule has 3 heterocycles. The van der Waals surface area contributed by atoms with Crippen molar-refractivity contribution in [3.63, 3.8) is 0 Å². The number of nitrogens with zero attached hydrogens (tertiary/aromatic N) is 2. The summed E-state index contributed by atoms with van der Waals surface area (Å²) in [5, 5.41) is 0. The second-order valence-electron chi connectivity index (χ2n) is 7.66. The predicted octanol–water partition coefficient (Wildman–Crippen LogP) is 4.06. The Hall–Kier alpha value is -2.43. The van der Waals surface area contributed by atoms with Crippen molar-refractivity contribution < 1.29 is 13.9 Å². The van der Waals surface area contributed by atoms with Crippen molar-refractivity contribution in [3.8, 4) is 5.75 Å². The lowest BCUT2D eigenvalue weighted by molar-refractivity contribution is -0.137. The van der Waals surface area contributed by atoms with Crippen LogP contribution in [0.3, 0.4) is 0 Å². The van der Waals surface area contributed by atoms with Crippen molar-refractivity contribution in [3.05, 3.63) is 59.7 Å². The molecule has 27 heavy (non-hydrogen) atoms. The van der Waals surface area contributed by atoms with Crippen LogP contribution in [-0.2, 0) is 11.2 Å². The first-order chi connectivity index (χ1) is 13.1. The zero-order valence-corrected chi connectivity index (χ0v) is 15.6. The van der Waals surface area contributed by atoms with Gasteiger partial charge in [0.25, 0.3) is 0 Å². The normalized spacial score (nSPS) is 24.1. The molecule has 2 atom stereocenters. The molecule has 0 spiro atoms. The number of hydrogen-bond donors (Lipinski definition) is 0.